The van der Waals surface area contributed by atoms with E-state index in [0.717, 1.165) is 38.1 Å². The molecule has 0 amide bonds. The van der Waals surface area contributed by atoms with Gasteiger partial charge in [-0.3, -0.25) is 0 Å². The quantitative estimate of drug-likeness (QED) is 0.872. The standard InChI is InChI=1S/C15H20ClF3N2/c1-10(2)21-5-3-13(4-6-21)20-14-8-11(15(17,18)19)7-12(16)9-14/h7-10,13,20H,3-6H2,1-2H3. The summed E-state index contributed by atoms with van der Waals surface area (Å²) < 4.78 is 38.3. The lowest BCUT2D eigenvalue weighted by molar-refractivity contribution is -0.137. The number of benzene rings is 1. The largest absolute Gasteiger partial charge is 0.416 e. The predicted octanol–water partition coefficient (Wildman–Crippen LogP) is 4.64. The van der Waals surface area contributed by atoms with Crippen LogP contribution in [0.4, 0.5) is 18.9 Å². The van der Waals surface area contributed by atoms with Crippen molar-refractivity contribution in [1.82, 2.24) is 4.90 Å². The zero-order valence-electron chi connectivity index (χ0n) is 12.2. The van der Waals surface area contributed by atoms with Gasteiger partial charge in [0.1, 0.15) is 0 Å². The second-order valence-corrected chi connectivity index (χ2v) is 6.21. The van der Waals surface area contributed by atoms with Gasteiger partial charge in [0, 0.05) is 35.9 Å². The van der Waals surface area contributed by atoms with Crippen LogP contribution in [0.1, 0.15) is 32.3 Å². The third-order valence-corrected chi connectivity index (χ3v) is 4.07. The number of hydrogen-bond acceptors (Lipinski definition) is 2. The zero-order chi connectivity index (χ0) is 15.6. The molecule has 0 unspecified atom stereocenters. The fourth-order valence-electron chi connectivity index (χ4n) is 2.63. The highest BCUT2D eigenvalue weighted by atomic mass is 35.5. The third kappa shape index (κ3) is 4.51. The van der Waals surface area contributed by atoms with E-state index < -0.39 is 11.7 Å². The number of nitrogens with zero attached hydrogens (tertiary/aromatic N) is 1. The molecule has 0 radical (unpaired) electrons. The van der Waals surface area contributed by atoms with E-state index in [1.165, 1.54) is 0 Å². The molecule has 1 aliphatic heterocycles. The van der Waals surface area contributed by atoms with Crippen molar-refractivity contribution in [2.24, 2.45) is 0 Å². The Labute approximate surface area is 128 Å². The number of halogens is 4. The number of hydrogen-bond donors (Lipinski definition) is 1. The highest BCUT2D eigenvalue weighted by Crippen LogP contribution is 2.33. The van der Waals surface area contributed by atoms with Gasteiger partial charge in [0.2, 0.25) is 0 Å². The van der Waals surface area contributed by atoms with Crippen LogP contribution in [0.3, 0.4) is 0 Å². The third-order valence-electron chi connectivity index (χ3n) is 3.86. The van der Waals surface area contributed by atoms with Crippen molar-refractivity contribution in [2.75, 3.05) is 18.4 Å². The summed E-state index contributed by atoms with van der Waals surface area (Å²) in [6, 6.07) is 4.33. The first-order valence-corrected chi connectivity index (χ1v) is 7.52. The van der Waals surface area contributed by atoms with E-state index in [4.69, 9.17) is 11.6 Å². The maximum atomic E-state index is 12.8. The molecule has 1 N–H and O–H groups in total. The van der Waals surface area contributed by atoms with Crippen LogP contribution in [-0.2, 0) is 6.18 Å². The number of likely N-dealkylation sites (tertiary alicyclic amines) is 1. The second kappa shape index (κ2) is 6.44. The van der Waals surface area contributed by atoms with E-state index in [-0.39, 0.29) is 11.1 Å². The minimum absolute atomic E-state index is 0.104. The van der Waals surface area contributed by atoms with Gasteiger partial charge in [-0.25, -0.2) is 0 Å². The smallest absolute Gasteiger partial charge is 0.382 e. The first-order chi connectivity index (χ1) is 9.75. The van der Waals surface area contributed by atoms with Crippen LogP contribution >= 0.6 is 11.6 Å². The van der Waals surface area contributed by atoms with E-state index in [2.05, 4.69) is 24.1 Å². The lowest BCUT2D eigenvalue weighted by atomic mass is 10.0. The second-order valence-electron chi connectivity index (χ2n) is 5.77. The Morgan fingerprint density at radius 3 is 2.33 bits per heavy atom. The molecule has 1 aliphatic rings. The van der Waals surface area contributed by atoms with Crippen molar-refractivity contribution in [1.29, 1.82) is 0 Å². The molecular weight excluding hydrogens is 301 g/mol. The number of nitrogens with one attached hydrogen (secondary N) is 1. The molecule has 0 bridgehead atoms. The average Bonchev–Trinajstić information content (AvgIpc) is 2.37. The van der Waals surface area contributed by atoms with Crippen molar-refractivity contribution in [3.63, 3.8) is 0 Å². The molecule has 1 fully saturated rings. The van der Waals surface area contributed by atoms with Crippen LogP contribution < -0.4 is 5.32 Å². The van der Waals surface area contributed by atoms with Gasteiger partial charge < -0.3 is 10.2 Å². The summed E-state index contributed by atoms with van der Waals surface area (Å²) in [5.74, 6) is 0. The lowest BCUT2D eigenvalue weighted by Crippen LogP contribution is -2.42. The van der Waals surface area contributed by atoms with Crippen molar-refractivity contribution in [3.05, 3.63) is 28.8 Å². The van der Waals surface area contributed by atoms with Crippen molar-refractivity contribution < 1.29 is 13.2 Å². The molecule has 118 valence electrons. The molecular formula is C15H20ClF3N2. The molecule has 0 aliphatic carbocycles. The minimum atomic E-state index is -4.37. The van der Waals surface area contributed by atoms with Crippen molar-refractivity contribution in [2.45, 2.75) is 44.9 Å². The van der Waals surface area contributed by atoms with Crippen LogP contribution in [0.5, 0.6) is 0 Å². The number of rotatable bonds is 3. The first kappa shape index (κ1) is 16.4. The van der Waals surface area contributed by atoms with E-state index in [1.54, 1.807) is 6.07 Å². The number of anilines is 1. The Balaban J connectivity index is 2.02. The summed E-state index contributed by atoms with van der Waals surface area (Å²) in [4.78, 5) is 2.37. The summed E-state index contributed by atoms with van der Waals surface area (Å²) in [6.45, 7) is 6.23. The van der Waals surface area contributed by atoms with Gasteiger partial charge >= 0.3 is 6.18 Å². The molecule has 21 heavy (non-hydrogen) atoms. The Hall–Kier alpha value is -0.940. The van der Waals surface area contributed by atoms with Crippen LogP contribution in [-0.4, -0.2) is 30.1 Å². The monoisotopic (exact) mass is 320 g/mol. The van der Waals surface area contributed by atoms with Crippen molar-refractivity contribution >= 4 is 17.3 Å². The van der Waals surface area contributed by atoms with Crippen molar-refractivity contribution in [3.8, 4) is 0 Å². The molecule has 1 aromatic rings. The molecule has 1 aromatic carbocycles. The average molecular weight is 321 g/mol. The molecule has 2 nitrogen and oxygen atoms in total. The molecule has 6 heteroatoms. The Morgan fingerprint density at radius 2 is 1.81 bits per heavy atom. The topological polar surface area (TPSA) is 15.3 Å². The number of alkyl halides is 3. The highest BCUT2D eigenvalue weighted by molar-refractivity contribution is 6.30. The minimum Gasteiger partial charge on any atom is -0.382 e. The van der Waals surface area contributed by atoms with Crippen LogP contribution in [0.2, 0.25) is 5.02 Å². The maximum Gasteiger partial charge on any atom is 0.416 e. The fraction of sp³-hybridized carbons (Fsp3) is 0.600. The van der Waals surface area contributed by atoms with Gasteiger partial charge in [-0.05, 0) is 44.9 Å². The normalized spacial score (nSPS) is 18.2. The van der Waals surface area contributed by atoms with Gasteiger partial charge in [-0.1, -0.05) is 11.6 Å². The summed E-state index contributed by atoms with van der Waals surface area (Å²) in [5, 5.41) is 3.29. The molecule has 2 rings (SSSR count). The molecule has 0 atom stereocenters. The Bertz CT molecular complexity index is 480. The predicted molar refractivity (Wildman–Crippen MR) is 79.8 cm³/mol. The highest BCUT2D eigenvalue weighted by Gasteiger charge is 2.31. The van der Waals surface area contributed by atoms with Crippen LogP contribution in [0, 0.1) is 0 Å². The molecule has 0 spiro atoms. The van der Waals surface area contributed by atoms with E-state index in [0.29, 0.717) is 11.7 Å². The summed E-state index contributed by atoms with van der Waals surface area (Å²) in [6.07, 6.45) is -2.53. The Morgan fingerprint density at radius 1 is 1.19 bits per heavy atom. The lowest BCUT2D eigenvalue weighted by Gasteiger charge is -2.35. The van der Waals surface area contributed by atoms with Crippen LogP contribution in [0.25, 0.3) is 0 Å². The number of piperidine rings is 1. The van der Waals surface area contributed by atoms with Gasteiger partial charge in [-0.15, -0.1) is 0 Å². The SMILES string of the molecule is CC(C)N1CCC(Nc2cc(Cl)cc(C(F)(F)F)c2)CC1. The van der Waals surface area contributed by atoms with E-state index in [1.807, 2.05) is 0 Å². The summed E-state index contributed by atoms with van der Waals surface area (Å²) >= 11 is 5.79. The van der Waals surface area contributed by atoms with E-state index in [9.17, 15) is 13.2 Å². The van der Waals surface area contributed by atoms with Gasteiger partial charge in [0.25, 0.3) is 0 Å². The van der Waals surface area contributed by atoms with Gasteiger partial charge in [0.05, 0.1) is 5.56 Å². The molecule has 1 saturated heterocycles. The van der Waals surface area contributed by atoms with E-state index >= 15 is 0 Å². The van der Waals surface area contributed by atoms with Gasteiger partial charge in [-0.2, -0.15) is 13.2 Å². The summed E-state index contributed by atoms with van der Waals surface area (Å²) in [5.41, 5.74) is -0.269. The van der Waals surface area contributed by atoms with Gasteiger partial charge in [0.15, 0.2) is 0 Å². The molecule has 0 aromatic heterocycles. The first-order valence-electron chi connectivity index (χ1n) is 7.14. The molecule has 1 heterocycles. The molecule has 0 saturated carbocycles. The zero-order valence-corrected chi connectivity index (χ0v) is 12.9. The summed E-state index contributed by atoms with van der Waals surface area (Å²) in [7, 11) is 0. The maximum absolute atomic E-state index is 12.8. The fourth-order valence-corrected chi connectivity index (χ4v) is 2.87. The van der Waals surface area contributed by atoms with Crippen LogP contribution in [0.15, 0.2) is 18.2 Å². The Kier molecular flexibility index (Phi) is 5.04.